The number of nitro benzene ring substituents is 1. The van der Waals surface area contributed by atoms with Gasteiger partial charge in [0.15, 0.2) is 4.90 Å². The molecule has 0 spiro atoms. The van der Waals surface area contributed by atoms with Gasteiger partial charge in [0.05, 0.1) is 10.6 Å². The molecule has 9 heteroatoms. The van der Waals surface area contributed by atoms with E-state index in [1.165, 1.54) is 24.3 Å². The molecule has 3 rings (SSSR count). The fraction of sp³-hybridized carbons (Fsp3) is 0.136. The van der Waals surface area contributed by atoms with Crippen LogP contribution in [-0.2, 0) is 21.4 Å². The van der Waals surface area contributed by atoms with E-state index in [4.69, 9.17) is 0 Å². The lowest BCUT2D eigenvalue weighted by molar-refractivity contribution is -0.387. The molecular weight excluding hydrogens is 418 g/mol. The fourth-order valence-corrected chi connectivity index (χ4v) is 4.62. The average Bonchev–Trinajstić information content (AvgIpc) is 2.77. The molecule has 0 atom stereocenters. The number of nitrogens with zero attached hydrogens (tertiary/aromatic N) is 2. The molecule has 0 aliphatic rings. The largest absolute Gasteiger partial charge is 0.350 e. The van der Waals surface area contributed by atoms with Crippen LogP contribution in [0.4, 0.5) is 11.4 Å². The van der Waals surface area contributed by atoms with Crippen LogP contribution in [0, 0.1) is 17.0 Å². The Morgan fingerprint density at radius 3 is 2.26 bits per heavy atom. The smallest absolute Gasteiger partial charge is 0.289 e. The topological polar surface area (TPSA) is 110 Å². The maximum absolute atomic E-state index is 13.4. The molecular formula is C22H21N3O5S. The molecule has 0 saturated carbocycles. The number of aryl methyl sites for hydroxylation is 1. The van der Waals surface area contributed by atoms with Crippen molar-refractivity contribution in [3.8, 4) is 0 Å². The summed E-state index contributed by atoms with van der Waals surface area (Å²) in [6.45, 7) is 1.63. The molecule has 0 saturated heterocycles. The van der Waals surface area contributed by atoms with Crippen molar-refractivity contribution in [3.63, 3.8) is 0 Å². The minimum absolute atomic E-state index is 0.228. The molecule has 160 valence electrons. The summed E-state index contributed by atoms with van der Waals surface area (Å²) in [5, 5.41) is 14.1. The number of hydrogen-bond donors (Lipinski definition) is 1. The van der Waals surface area contributed by atoms with Gasteiger partial charge in [-0.15, -0.1) is 0 Å². The zero-order chi connectivity index (χ0) is 22.4. The van der Waals surface area contributed by atoms with E-state index in [0.29, 0.717) is 0 Å². The number of benzene rings is 3. The molecule has 0 aromatic heterocycles. The Kier molecular flexibility index (Phi) is 6.66. The second-order valence-corrected chi connectivity index (χ2v) is 8.61. The molecule has 0 radical (unpaired) electrons. The summed E-state index contributed by atoms with van der Waals surface area (Å²) in [5.74, 6) is -0.533. The minimum Gasteiger partial charge on any atom is -0.350 e. The Hall–Kier alpha value is -3.72. The summed E-state index contributed by atoms with van der Waals surface area (Å²) in [7, 11) is -4.39. The van der Waals surface area contributed by atoms with Gasteiger partial charge < -0.3 is 5.32 Å². The summed E-state index contributed by atoms with van der Waals surface area (Å²) in [5.41, 5.74) is 1.58. The third kappa shape index (κ3) is 5.07. The third-order valence-electron chi connectivity index (χ3n) is 4.70. The first-order valence-corrected chi connectivity index (χ1v) is 10.9. The van der Waals surface area contributed by atoms with E-state index in [0.717, 1.165) is 27.6 Å². The van der Waals surface area contributed by atoms with Crippen molar-refractivity contribution in [2.45, 2.75) is 18.4 Å². The van der Waals surface area contributed by atoms with Crippen LogP contribution in [-0.4, -0.2) is 25.8 Å². The van der Waals surface area contributed by atoms with Crippen molar-refractivity contribution in [2.75, 3.05) is 10.8 Å². The van der Waals surface area contributed by atoms with Crippen molar-refractivity contribution < 1.29 is 18.1 Å². The molecule has 1 N–H and O–H groups in total. The van der Waals surface area contributed by atoms with Gasteiger partial charge in [0.2, 0.25) is 5.91 Å². The Balaban J connectivity index is 1.92. The van der Waals surface area contributed by atoms with Gasteiger partial charge in [0.1, 0.15) is 6.54 Å². The van der Waals surface area contributed by atoms with Gasteiger partial charge >= 0.3 is 0 Å². The number of nitro groups is 1. The number of carbonyl (C=O) groups is 1. The molecule has 1 amide bonds. The van der Waals surface area contributed by atoms with Crippen molar-refractivity contribution in [1.29, 1.82) is 0 Å². The Morgan fingerprint density at radius 1 is 0.968 bits per heavy atom. The summed E-state index contributed by atoms with van der Waals surface area (Å²) in [6.07, 6.45) is 0. The van der Waals surface area contributed by atoms with Gasteiger partial charge in [0.25, 0.3) is 15.7 Å². The highest BCUT2D eigenvalue weighted by atomic mass is 32.2. The van der Waals surface area contributed by atoms with Crippen LogP contribution in [0.15, 0.2) is 83.8 Å². The zero-order valence-corrected chi connectivity index (χ0v) is 17.6. The lowest BCUT2D eigenvalue weighted by Crippen LogP contribution is -2.40. The fourth-order valence-electron chi connectivity index (χ4n) is 3.04. The van der Waals surface area contributed by atoms with Gasteiger partial charge in [-0.05, 0) is 36.2 Å². The average molecular weight is 439 g/mol. The molecule has 31 heavy (non-hydrogen) atoms. The van der Waals surface area contributed by atoms with E-state index in [2.05, 4.69) is 5.32 Å². The SMILES string of the molecule is Cc1ccccc1CNC(=O)CN(c1ccccc1)S(=O)(=O)c1ccccc1[N+](=O)[O-]. The maximum atomic E-state index is 13.4. The number of rotatable bonds is 8. The monoisotopic (exact) mass is 439 g/mol. The predicted molar refractivity (Wildman–Crippen MR) is 117 cm³/mol. The standard InChI is InChI=1S/C22H21N3O5S/c1-17-9-5-6-10-18(17)15-23-22(26)16-24(19-11-3-2-4-12-19)31(29,30)21-14-8-7-13-20(21)25(27)28/h2-14H,15-16H2,1H3,(H,23,26). The van der Waals surface area contributed by atoms with Gasteiger partial charge in [-0.1, -0.05) is 54.6 Å². The van der Waals surface area contributed by atoms with Crippen LogP contribution < -0.4 is 9.62 Å². The van der Waals surface area contributed by atoms with Crippen LogP contribution in [0.2, 0.25) is 0 Å². The van der Waals surface area contributed by atoms with E-state index in [1.807, 2.05) is 31.2 Å². The normalized spacial score (nSPS) is 11.0. The van der Waals surface area contributed by atoms with E-state index in [9.17, 15) is 23.3 Å². The van der Waals surface area contributed by atoms with Crippen LogP contribution in [0.25, 0.3) is 0 Å². The molecule has 0 unspecified atom stereocenters. The van der Waals surface area contributed by atoms with E-state index < -0.39 is 38.0 Å². The number of sulfonamides is 1. The Morgan fingerprint density at radius 2 is 1.58 bits per heavy atom. The Bertz CT molecular complexity index is 1200. The van der Waals surface area contributed by atoms with E-state index in [-0.39, 0.29) is 12.2 Å². The number of nitrogens with one attached hydrogen (secondary N) is 1. The summed E-state index contributed by atoms with van der Waals surface area (Å²) < 4.78 is 27.6. The van der Waals surface area contributed by atoms with Gasteiger partial charge in [-0.2, -0.15) is 0 Å². The molecule has 0 heterocycles. The van der Waals surface area contributed by atoms with Crippen LogP contribution in [0.1, 0.15) is 11.1 Å². The molecule has 8 nitrogen and oxygen atoms in total. The van der Waals surface area contributed by atoms with E-state index in [1.54, 1.807) is 18.2 Å². The molecule has 0 aliphatic heterocycles. The second-order valence-electron chi connectivity index (χ2n) is 6.78. The highest BCUT2D eigenvalue weighted by Crippen LogP contribution is 2.29. The summed E-state index contributed by atoms with van der Waals surface area (Å²) in [6, 6.07) is 20.6. The molecule has 3 aromatic carbocycles. The maximum Gasteiger partial charge on any atom is 0.289 e. The van der Waals surface area contributed by atoms with Crippen LogP contribution in [0.5, 0.6) is 0 Å². The van der Waals surface area contributed by atoms with Gasteiger partial charge in [-0.25, -0.2) is 8.42 Å². The molecule has 3 aromatic rings. The second kappa shape index (κ2) is 9.40. The van der Waals surface area contributed by atoms with Crippen LogP contribution in [0.3, 0.4) is 0 Å². The number of carbonyl (C=O) groups excluding carboxylic acids is 1. The highest BCUT2D eigenvalue weighted by Gasteiger charge is 2.32. The van der Waals surface area contributed by atoms with Crippen molar-refractivity contribution in [2.24, 2.45) is 0 Å². The zero-order valence-electron chi connectivity index (χ0n) is 16.8. The first kappa shape index (κ1) is 22.0. The number of anilines is 1. The Labute approximate surface area is 180 Å². The lowest BCUT2D eigenvalue weighted by atomic mass is 10.1. The molecule has 0 bridgehead atoms. The predicted octanol–water partition coefficient (Wildman–Crippen LogP) is 3.41. The van der Waals surface area contributed by atoms with Crippen molar-refractivity contribution in [3.05, 3.63) is 100 Å². The summed E-state index contributed by atoms with van der Waals surface area (Å²) >= 11 is 0. The number of para-hydroxylation sites is 2. The van der Waals surface area contributed by atoms with Gasteiger partial charge in [-0.3, -0.25) is 19.2 Å². The van der Waals surface area contributed by atoms with E-state index >= 15 is 0 Å². The molecule has 0 aliphatic carbocycles. The van der Waals surface area contributed by atoms with Gasteiger partial charge in [0, 0.05) is 12.6 Å². The third-order valence-corrected chi connectivity index (χ3v) is 6.52. The summed E-state index contributed by atoms with van der Waals surface area (Å²) in [4.78, 5) is 22.8. The number of hydrogen-bond acceptors (Lipinski definition) is 5. The molecule has 0 fully saturated rings. The first-order valence-electron chi connectivity index (χ1n) is 9.43. The van der Waals surface area contributed by atoms with Crippen molar-refractivity contribution >= 4 is 27.3 Å². The number of amides is 1. The lowest BCUT2D eigenvalue weighted by Gasteiger charge is -2.24. The first-order chi connectivity index (χ1) is 14.8. The highest BCUT2D eigenvalue weighted by molar-refractivity contribution is 7.93. The van der Waals surface area contributed by atoms with Crippen molar-refractivity contribution in [1.82, 2.24) is 5.32 Å². The quantitative estimate of drug-likeness (QED) is 0.427. The van der Waals surface area contributed by atoms with Crippen LogP contribution >= 0.6 is 0 Å². The minimum atomic E-state index is -4.39.